The van der Waals surface area contributed by atoms with Crippen molar-refractivity contribution in [1.82, 2.24) is 4.90 Å². The molecule has 3 nitrogen and oxygen atoms in total. The summed E-state index contributed by atoms with van der Waals surface area (Å²) in [6.07, 6.45) is 0. The Morgan fingerprint density at radius 1 is 1.53 bits per heavy atom. The van der Waals surface area contributed by atoms with E-state index in [9.17, 15) is 9.18 Å². The second-order valence-corrected chi connectivity index (χ2v) is 4.32. The Bertz CT molecular complexity index is 409. The molecule has 1 aromatic rings. The fourth-order valence-electron chi connectivity index (χ4n) is 1.53. The lowest BCUT2D eigenvalue weighted by atomic mass is 10.1. The third-order valence-electron chi connectivity index (χ3n) is 2.41. The average molecular weight is 260 g/mol. The molecule has 0 aliphatic rings. The minimum Gasteiger partial charge on any atom is -0.395 e. The van der Waals surface area contributed by atoms with Gasteiger partial charge in [-0.25, -0.2) is 4.39 Å². The second-order valence-electron chi connectivity index (χ2n) is 3.92. The van der Waals surface area contributed by atoms with Gasteiger partial charge in [0.1, 0.15) is 0 Å². The fraction of sp³-hybridized carbons (Fsp3) is 0.417. The van der Waals surface area contributed by atoms with Crippen LogP contribution < -0.4 is 0 Å². The van der Waals surface area contributed by atoms with E-state index in [1.165, 1.54) is 23.1 Å². The maximum atomic E-state index is 13.7. The molecule has 0 aromatic heterocycles. The van der Waals surface area contributed by atoms with Gasteiger partial charge in [0.2, 0.25) is 0 Å². The van der Waals surface area contributed by atoms with E-state index in [0.29, 0.717) is 0 Å². The molecule has 94 valence electrons. The van der Waals surface area contributed by atoms with Crippen molar-refractivity contribution in [2.45, 2.75) is 19.9 Å². The van der Waals surface area contributed by atoms with Crippen LogP contribution in [0.3, 0.4) is 0 Å². The number of aliphatic hydroxyl groups excluding tert-OH is 1. The quantitative estimate of drug-likeness (QED) is 0.902. The first-order valence-corrected chi connectivity index (χ1v) is 5.72. The Hall–Kier alpha value is -1.13. The molecule has 0 fully saturated rings. The largest absolute Gasteiger partial charge is 0.395 e. The molecular formula is C12H15ClFNO2. The molecule has 1 rings (SSSR count). The lowest BCUT2D eigenvalue weighted by molar-refractivity contribution is 0.0660. The topological polar surface area (TPSA) is 40.5 Å². The highest BCUT2D eigenvalue weighted by molar-refractivity contribution is 6.31. The first-order valence-electron chi connectivity index (χ1n) is 5.35. The molecule has 0 saturated heterocycles. The molecule has 0 heterocycles. The summed E-state index contributed by atoms with van der Waals surface area (Å²) in [7, 11) is 0. The summed E-state index contributed by atoms with van der Waals surface area (Å²) in [6.45, 7) is 3.61. The molecule has 0 unspecified atom stereocenters. The third kappa shape index (κ3) is 3.17. The molecule has 0 aliphatic heterocycles. The first-order chi connectivity index (χ1) is 7.99. The zero-order valence-corrected chi connectivity index (χ0v) is 10.5. The fourth-order valence-corrected chi connectivity index (χ4v) is 1.70. The zero-order valence-electron chi connectivity index (χ0n) is 9.78. The van der Waals surface area contributed by atoms with Gasteiger partial charge in [-0.05, 0) is 26.0 Å². The molecule has 1 amide bonds. The van der Waals surface area contributed by atoms with Crippen molar-refractivity contribution < 1.29 is 14.3 Å². The predicted octanol–water partition coefficient (Wildman–Crippen LogP) is 2.32. The number of rotatable bonds is 4. The Morgan fingerprint density at radius 3 is 2.71 bits per heavy atom. The van der Waals surface area contributed by atoms with Gasteiger partial charge in [-0.3, -0.25) is 4.79 Å². The van der Waals surface area contributed by atoms with Crippen molar-refractivity contribution in [3.8, 4) is 0 Å². The van der Waals surface area contributed by atoms with Crippen molar-refractivity contribution in [3.63, 3.8) is 0 Å². The number of benzene rings is 1. The van der Waals surface area contributed by atoms with E-state index >= 15 is 0 Å². The number of hydrogen-bond donors (Lipinski definition) is 1. The Kier molecular flexibility index (Phi) is 4.90. The molecule has 17 heavy (non-hydrogen) atoms. The number of amides is 1. The summed E-state index contributed by atoms with van der Waals surface area (Å²) in [5.41, 5.74) is -0.0698. The van der Waals surface area contributed by atoms with Crippen molar-refractivity contribution in [3.05, 3.63) is 34.6 Å². The van der Waals surface area contributed by atoms with Crippen LogP contribution in [0.4, 0.5) is 4.39 Å². The van der Waals surface area contributed by atoms with E-state index in [4.69, 9.17) is 16.7 Å². The van der Waals surface area contributed by atoms with Crippen LogP contribution >= 0.6 is 11.6 Å². The smallest absolute Gasteiger partial charge is 0.257 e. The van der Waals surface area contributed by atoms with Crippen LogP contribution in [-0.4, -0.2) is 35.1 Å². The van der Waals surface area contributed by atoms with E-state index in [-0.39, 0.29) is 29.8 Å². The first kappa shape index (κ1) is 13.9. The average Bonchev–Trinajstić information content (AvgIpc) is 2.28. The van der Waals surface area contributed by atoms with Gasteiger partial charge in [-0.1, -0.05) is 17.7 Å². The van der Waals surface area contributed by atoms with Gasteiger partial charge in [-0.2, -0.15) is 0 Å². The maximum Gasteiger partial charge on any atom is 0.257 e. The summed E-state index contributed by atoms with van der Waals surface area (Å²) in [5, 5.41) is 8.81. The lowest BCUT2D eigenvalue weighted by Crippen LogP contribution is -2.39. The van der Waals surface area contributed by atoms with E-state index in [1.54, 1.807) is 13.8 Å². The van der Waals surface area contributed by atoms with Crippen molar-refractivity contribution in [2.75, 3.05) is 13.2 Å². The molecule has 0 saturated carbocycles. The molecular weight excluding hydrogens is 245 g/mol. The number of carbonyl (C=O) groups excluding carboxylic acids is 1. The molecule has 0 atom stereocenters. The van der Waals surface area contributed by atoms with E-state index < -0.39 is 11.7 Å². The predicted molar refractivity (Wildman–Crippen MR) is 64.7 cm³/mol. The Morgan fingerprint density at radius 2 is 2.18 bits per heavy atom. The highest BCUT2D eigenvalue weighted by atomic mass is 35.5. The number of halogens is 2. The Balaban J connectivity index is 3.05. The van der Waals surface area contributed by atoms with Crippen LogP contribution in [0.5, 0.6) is 0 Å². The molecule has 1 N–H and O–H groups in total. The van der Waals surface area contributed by atoms with Gasteiger partial charge < -0.3 is 10.0 Å². The monoisotopic (exact) mass is 259 g/mol. The summed E-state index contributed by atoms with van der Waals surface area (Å²) >= 11 is 5.62. The van der Waals surface area contributed by atoms with Crippen LogP contribution in [0.1, 0.15) is 24.2 Å². The van der Waals surface area contributed by atoms with Gasteiger partial charge in [0.05, 0.1) is 17.2 Å². The zero-order chi connectivity index (χ0) is 13.0. The third-order valence-corrected chi connectivity index (χ3v) is 2.70. The molecule has 1 aromatic carbocycles. The van der Waals surface area contributed by atoms with Gasteiger partial charge in [0.15, 0.2) is 5.82 Å². The molecule has 0 bridgehead atoms. The second kappa shape index (κ2) is 5.98. The normalized spacial score (nSPS) is 10.7. The summed E-state index contributed by atoms with van der Waals surface area (Å²) in [6, 6.07) is 4.18. The van der Waals surface area contributed by atoms with Crippen molar-refractivity contribution in [1.29, 1.82) is 0 Å². The lowest BCUT2D eigenvalue weighted by Gasteiger charge is -2.26. The molecule has 0 spiro atoms. The summed E-state index contributed by atoms with van der Waals surface area (Å²) in [5.74, 6) is -1.18. The van der Waals surface area contributed by atoms with E-state index in [0.717, 1.165) is 0 Å². The van der Waals surface area contributed by atoms with Crippen LogP contribution in [-0.2, 0) is 0 Å². The number of carbonyl (C=O) groups is 1. The highest BCUT2D eigenvalue weighted by Crippen LogP contribution is 2.19. The maximum absolute atomic E-state index is 13.7. The molecule has 0 radical (unpaired) electrons. The summed E-state index contributed by atoms with van der Waals surface area (Å²) < 4.78 is 13.7. The van der Waals surface area contributed by atoms with Crippen molar-refractivity contribution >= 4 is 17.5 Å². The number of aliphatic hydroxyl groups is 1. The van der Waals surface area contributed by atoms with Gasteiger partial charge >= 0.3 is 0 Å². The highest BCUT2D eigenvalue weighted by Gasteiger charge is 2.22. The van der Waals surface area contributed by atoms with Crippen LogP contribution in [0.15, 0.2) is 18.2 Å². The SMILES string of the molecule is CC(C)N(CCO)C(=O)c1cccc(Cl)c1F. The number of hydrogen-bond acceptors (Lipinski definition) is 2. The van der Waals surface area contributed by atoms with Crippen LogP contribution in [0, 0.1) is 5.82 Å². The standard InChI is InChI=1S/C12H15ClFNO2/c1-8(2)15(6-7-16)12(17)9-4-3-5-10(13)11(9)14/h3-5,8,16H,6-7H2,1-2H3. The Labute approximate surface area is 105 Å². The van der Waals surface area contributed by atoms with Crippen LogP contribution in [0.2, 0.25) is 5.02 Å². The molecule has 0 aliphatic carbocycles. The summed E-state index contributed by atoms with van der Waals surface area (Å²) in [4.78, 5) is 13.5. The minimum absolute atomic E-state index is 0.0698. The van der Waals surface area contributed by atoms with E-state index in [2.05, 4.69) is 0 Å². The molecule has 5 heteroatoms. The minimum atomic E-state index is -0.720. The number of nitrogens with zero attached hydrogens (tertiary/aromatic N) is 1. The van der Waals surface area contributed by atoms with Crippen LogP contribution in [0.25, 0.3) is 0 Å². The van der Waals surface area contributed by atoms with Crippen molar-refractivity contribution in [2.24, 2.45) is 0 Å². The van der Waals surface area contributed by atoms with Gasteiger partial charge in [-0.15, -0.1) is 0 Å². The van der Waals surface area contributed by atoms with Gasteiger partial charge in [0.25, 0.3) is 5.91 Å². The van der Waals surface area contributed by atoms with E-state index in [1.807, 2.05) is 0 Å². The van der Waals surface area contributed by atoms with Gasteiger partial charge in [0, 0.05) is 12.6 Å².